The van der Waals surface area contributed by atoms with Crippen molar-refractivity contribution in [2.24, 2.45) is 0 Å². The third-order valence-corrected chi connectivity index (χ3v) is 4.17. The molecule has 3 nitrogen and oxygen atoms in total. The number of thiazole rings is 1. The maximum atomic E-state index is 6.07. The first-order valence-electron chi connectivity index (χ1n) is 6.12. The Labute approximate surface area is 126 Å². The maximum Gasteiger partial charge on any atom is 0.125 e. The molecule has 2 heterocycles. The molecular weight excluding hydrogens is 290 g/mol. The molecule has 0 aliphatic rings. The van der Waals surface area contributed by atoms with Crippen LogP contribution in [0.15, 0.2) is 48.8 Å². The van der Waals surface area contributed by atoms with Gasteiger partial charge in [0.1, 0.15) is 10.0 Å². The van der Waals surface area contributed by atoms with E-state index in [1.165, 1.54) is 11.3 Å². The lowest BCUT2D eigenvalue weighted by Gasteiger charge is -1.99. The van der Waals surface area contributed by atoms with Gasteiger partial charge in [0.15, 0.2) is 0 Å². The second kappa shape index (κ2) is 5.61. The summed E-state index contributed by atoms with van der Waals surface area (Å²) in [4.78, 5) is 8.64. The highest BCUT2D eigenvalue weighted by molar-refractivity contribution is 7.18. The summed E-state index contributed by atoms with van der Waals surface area (Å²) in [6, 6.07) is 11.6. The molecule has 0 spiro atoms. The second-order valence-electron chi connectivity index (χ2n) is 4.37. The summed E-state index contributed by atoms with van der Waals surface area (Å²) in [5.41, 5.74) is 9.16. The van der Waals surface area contributed by atoms with Crippen molar-refractivity contribution >= 4 is 27.9 Å². The molecule has 0 saturated carbocycles. The molecule has 0 atom stereocenters. The van der Waals surface area contributed by atoms with E-state index in [0.29, 0.717) is 6.42 Å². The Morgan fingerprint density at radius 2 is 1.75 bits per heavy atom. The molecule has 20 heavy (non-hydrogen) atoms. The number of anilines is 1. The SMILES string of the molecule is Nc1sc(-c2ccncc2)nc1Cc1ccc(Cl)cc1. The zero-order valence-corrected chi connectivity index (χ0v) is 12.2. The molecule has 0 radical (unpaired) electrons. The molecular formula is C15H12ClN3S. The number of aromatic nitrogens is 2. The quantitative estimate of drug-likeness (QED) is 0.794. The monoisotopic (exact) mass is 301 g/mol. The highest BCUT2D eigenvalue weighted by Gasteiger charge is 2.10. The van der Waals surface area contributed by atoms with E-state index in [0.717, 1.165) is 31.9 Å². The van der Waals surface area contributed by atoms with Gasteiger partial charge in [-0.1, -0.05) is 35.1 Å². The van der Waals surface area contributed by atoms with Crippen molar-refractivity contribution in [3.05, 3.63) is 65.1 Å². The lowest BCUT2D eigenvalue weighted by Crippen LogP contribution is -1.93. The highest BCUT2D eigenvalue weighted by atomic mass is 35.5. The van der Waals surface area contributed by atoms with E-state index < -0.39 is 0 Å². The molecule has 0 aliphatic heterocycles. The van der Waals surface area contributed by atoms with Crippen LogP contribution in [0.4, 0.5) is 5.00 Å². The van der Waals surface area contributed by atoms with Gasteiger partial charge in [-0.15, -0.1) is 0 Å². The number of nitrogens with two attached hydrogens (primary N) is 1. The third-order valence-electron chi connectivity index (χ3n) is 2.94. The first-order chi connectivity index (χ1) is 9.72. The van der Waals surface area contributed by atoms with Gasteiger partial charge in [0.05, 0.1) is 5.69 Å². The number of rotatable bonds is 3. The maximum absolute atomic E-state index is 6.07. The number of benzene rings is 1. The summed E-state index contributed by atoms with van der Waals surface area (Å²) in [7, 11) is 0. The number of halogens is 1. The van der Waals surface area contributed by atoms with Gasteiger partial charge in [-0.25, -0.2) is 4.98 Å². The predicted molar refractivity (Wildman–Crippen MR) is 84.0 cm³/mol. The summed E-state index contributed by atoms with van der Waals surface area (Å²) in [5.74, 6) is 0. The summed E-state index contributed by atoms with van der Waals surface area (Å²) in [6.45, 7) is 0. The zero-order valence-electron chi connectivity index (χ0n) is 10.6. The van der Waals surface area contributed by atoms with Crippen molar-refractivity contribution in [2.75, 3.05) is 5.73 Å². The summed E-state index contributed by atoms with van der Waals surface area (Å²) < 4.78 is 0. The Hall–Kier alpha value is -1.91. The van der Waals surface area contributed by atoms with Crippen LogP contribution < -0.4 is 5.73 Å². The van der Waals surface area contributed by atoms with E-state index in [-0.39, 0.29) is 0 Å². The average Bonchev–Trinajstić information content (AvgIpc) is 2.84. The Morgan fingerprint density at radius 3 is 2.45 bits per heavy atom. The number of pyridine rings is 1. The van der Waals surface area contributed by atoms with Crippen LogP contribution in [-0.2, 0) is 6.42 Å². The smallest absolute Gasteiger partial charge is 0.125 e. The Kier molecular flexibility index (Phi) is 3.67. The number of hydrogen-bond acceptors (Lipinski definition) is 4. The van der Waals surface area contributed by atoms with Gasteiger partial charge in [0.25, 0.3) is 0 Å². The molecule has 2 N–H and O–H groups in total. The second-order valence-corrected chi connectivity index (χ2v) is 5.84. The van der Waals surface area contributed by atoms with Crippen LogP contribution in [-0.4, -0.2) is 9.97 Å². The van der Waals surface area contributed by atoms with Crippen molar-refractivity contribution in [3.8, 4) is 10.6 Å². The Bertz CT molecular complexity index is 708. The topological polar surface area (TPSA) is 51.8 Å². The van der Waals surface area contributed by atoms with Gasteiger partial charge in [-0.2, -0.15) is 0 Å². The van der Waals surface area contributed by atoms with E-state index in [1.54, 1.807) is 12.4 Å². The molecule has 0 fully saturated rings. The molecule has 3 aromatic rings. The average molecular weight is 302 g/mol. The summed E-state index contributed by atoms with van der Waals surface area (Å²) in [5, 5.41) is 2.41. The molecule has 0 saturated heterocycles. The van der Waals surface area contributed by atoms with Gasteiger partial charge in [-0.3, -0.25) is 4.98 Å². The van der Waals surface area contributed by atoms with Crippen molar-refractivity contribution in [3.63, 3.8) is 0 Å². The van der Waals surface area contributed by atoms with Crippen molar-refractivity contribution < 1.29 is 0 Å². The lowest BCUT2D eigenvalue weighted by molar-refractivity contribution is 1.11. The molecule has 0 amide bonds. The Morgan fingerprint density at radius 1 is 1.05 bits per heavy atom. The zero-order chi connectivity index (χ0) is 13.9. The van der Waals surface area contributed by atoms with Crippen molar-refractivity contribution in [2.45, 2.75) is 6.42 Å². The van der Waals surface area contributed by atoms with Gasteiger partial charge in [0, 0.05) is 29.4 Å². The molecule has 0 unspecified atom stereocenters. The van der Waals surface area contributed by atoms with Crippen LogP contribution >= 0.6 is 22.9 Å². The van der Waals surface area contributed by atoms with Crippen LogP contribution in [0.3, 0.4) is 0 Å². The van der Waals surface area contributed by atoms with E-state index in [9.17, 15) is 0 Å². The number of hydrogen-bond donors (Lipinski definition) is 1. The minimum atomic E-state index is 0.713. The van der Waals surface area contributed by atoms with Crippen LogP contribution in [0.1, 0.15) is 11.3 Å². The fraction of sp³-hybridized carbons (Fsp3) is 0.0667. The van der Waals surface area contributed by atoms with Gasteiger partial charge < -0.3 is 5.73 Å². The van der Waals surface area contributed by atoms with Crippen molar-refractivity contribution in [1.82, 2.24) is 9.97 Å². The van der Waals surface area contributed by atoms with Crippen molar-refractivity contribution in [1.29, 1.82) is 0 Å². The summed E-state index contributed by atoms with van der Waals surface area (Å²) >= 11 is 7.39. The molecule has 0 aliphatic carbocycles. The van der Waals surface area contributed by atoms with E-state index >= 15 is 0 Å². The van der Waals surface area contributed by atoms with E-state index in [1.807, 2.05) is 36.4 Å². The number of nitrogens with zero attached hydrogens (tertiary/aromatic N) is 2. The minimum Gasteiger partial charge on any atom is -0.389 e. The summed E-state index contributed by atoms with van der Waals surface area (Å²) in [6.07, 6.45) is 4.22. The molecule has 5 heteroatoms. The molecule has 100 valence electrons. The first-order valence-corrected chi connectivity index (χ1v) is 7.32. The normalized spacial score (nSPS) is 10.7. The van der Waals surface area contributed by atoms with Crippen LogP contribution in [0.2, 0.25) is 5.02 Å². The van der Waals surface area contributed by atoms with Crippen LogP contribution in [0, 0.1) is 0 Å². The van der Waals surface area contributed by atoms with Gasteiger partial charge in [-0.05, 0) is 29.8 Å². The Balaban J connectivity index is 1.88. The minimum absolute atomic E-state index is 0.713. The van der Waals surface area contributed by atoms with Gasteiger partial charge in [0.2, 0.25) is 0 Å². The molecule has 1 aromatic carbocycles. The molecule has 0 bridgehead atoms. The van der Waals surface area contributed by atoms with E-state index in [4.69, 9.17) is 17.3 Å². The fourth-order valence-electron chi connectivity index (χ4n) is 1.90. The first kappa shape index (κ1) is 13.1. The largest absolute Gasteiger partial charge is 0.389 e. The molecule has 3 rings (SSSR count). The molecule has 2 aromatic heterocycles. The highest BCUT2D eigenvalue weighted by Crippen LogP contribution is 2.30. The number of nitrogen functional groups attached to an aromatic ring is 1. The standard InChI is InChI=1S/C15H12ClN3S/c16-12-3-1-10(2-4-12)9-13-14(17)20-15(19-13)11-5-7-18-8-6-11/h1-8H,9,17H2. The van der Waals surface area contributed by atoms with E-state index in [2.05, 4.69) is 9.97 Å². The third kappa shape index (κ3) is 2.81. The van der Waals surface area contributed by atoms with Crippen LogP contribution in [0.25, 0.3) is 10.6 Å². The lowest BCUT2D eigenvalue weighted by atomic mass is 10.1. The van der Waals surface area contributed by atoms with Crippen LogP contribution in [0.5, 0.6) is 0 Å². The predicted octanol–water partition coefficient (Wildman–Crippen LogP) is 4.03. The van der Waals surface area contributed by atoms with Gasteiger partial charge >= 0.3 is 0 Å². The fourth-order valence-corrected chi connectivity index (χ4v) is 2.88.